The Morgan fingerprint density at radius 3 is 2.47 bits per heavy atom. The third-order valence-electron chi connectivity index (χ3n) is 4.30. The summed E-state index contributed by atoms with van der Waals surface area (Å²) >= 11 is 6.47. The van der Waals surface area contributed by atoms with Gasteiger partial charge >= 0.3 is 0 Å². The summed E-state index contributed by atoms with van der Waals surface area (Å²) in [6.45, 7) is 3.76. The minimum Gasteiger partial charge on any atom is -0.506 e. The molecule has 0 fully saturated rings. The maximum atomic E-state index is 12.6. The van der Waals surface area contributed by atoms with Crippen LogP contribution in [-0.4, -0.2) is 36.0 Å². The van der Waals surface area contributed by atoms with Gasteiger partial charge in [-0.25, -0.2) is 5.43 Å². The second-order valence-corrected chi connectivity index (χ2v) is 8.54. The van der Waals surface area contributed by atoms with Gasteiger partial charge in [-0.15, -0.1) is 0 Å². The van der Waals surface area contributed by atoms with Crippen molar-refractivity contribution in [2.24, 2.45) is 11.0 Å². The van der Waals surface area contributed by atoms with Crippen LogP contribution in [0.3, 0.4) is 0 Å². The van der Waals surface area contributed by atoms with Gasteiger partial charge in [-0.3, -0.25) is 9.59 Å². The van der Waals surface area contributed by atoms with E-state index < -0.39 is 17.9 Å². The van der Waals surface area contributed by atoms with Crippen molar-refractivity contribution in [3.8, 4) is 17.2 Å². The van der Waals surface area contributed by atoms with E-state index in [-0.39, 0.29) is 18.5 Å². The van der Waals surface area contributed by atoms with Gasteiger partial charge in [0.2, 0.25) is 6.79 Å². The molecule has 0 spiro atoms. The van der Waals surface area contributed by atoms with Crippen molar-refractivity contribution in [2.75, 3.05) is 6.79 Å². The van der Waals surface area contributed by atoms with Gasteiger partial charge in [0.1, 0.15) is 11.8 Å². The number of carbonyl (C=O) groups is 2. The Morgan fingerprint density at radius 1 is 1.13 bits per heavy atom. The van der Waals surface area contributed by atoms with E-state index in [1.807, 2.05) is 13.8 Å². The second-order valence-electron chi connectivity index (χ2n) is 6.83. The third kappa shape index (κ3) is 5.11. The van der Waals surface area contributed by atoms with Gasteiger partial charge in [0, 0.05) is 5.56 Å². The lowest BCUT2D eigenvalue weighted by molar-refractivity contribution is -0.123. The Kier molecular flexibility index (Phi) is 6.99. The fourth-order valence-electron chi connectivity index (χ4n) is 2.70. The van der Waals surface area contributed by atoms with E-state index in [1.54, 1.807) is 30.3 Å². The molecule has 1 aliphatic heterocycles. The van der Waals surface area contributed by atoms with Crippen LogP contribution in [0.2, 0.25) is 0 Å². The van der Waals surface area contributed by atoms with Crippen molar-refractivity contribution in [3.63, 3.8) is 0 Å². The fraction of sp³-hybridized carbons (Fsp3) is 0.250. The topological polar surface area (TPSA) is 109 Å². The highest BCUT2D eigenvalue weighted by Crippen LogP contribution is 2.33. The number of phenols is 1. The number of hydrogen-bond donors (Lipinski definition) is 3. The van der Waals surface area contributed by atoms with Crippen LogP contribution < -0.4 is 20.2 Å². The van der Waals surface area contributed by atoms with Crippen molar-refractivity contribution >= 4 is 49.9 Å². The third-order valence-corrected chi connectivity index (χ3v) is 5.51. The molecule has 1 heterocycles. The van der Waals surface area contributed by atoms with Crippen LogP contribution in [-0.2, 0) is 4.79 Å². The molecule has 0 radical (unpaired) electrons. The Morgan fingerprint density at radius 2 is 1.80 bits per heavy atom. The summed E-state index contributed by atoms with van der Waals surface area (Å²) in [4.78, 5) is 25.2. The summed E-state index contributed by atoms with van der Waals surface area (Å²) in [5.74, 6) is 0.109. The van der Waals surface area contributed by atoms with Gasteiger partial charge in [-0.1, -0.05) is 13.8 Å². The maximum Gasteiger partial charge on any atom is 0.262 e. The largest absolute Gasteiger partial charge is 0.506 e. The molecule has 1 atom stereocenters. The maximum absolute atomic E-state index is 12.6. The number of nitrogens with one attached hydrogen (secondary N) is 2. The zero-order chi connectivity index (χ0) is 21.8. The summed E-state index contributed by atoms with van der Waals surface area (Å²) in [7, 11) is 0. The Hall–Kier alpha value is -2.59. The number of benzene rings is 2. The monoisotopic (exact) mass is 539 g/mol. The van der Waals surface area contributed by atoms with Crippen molar-refractivity contribution in [1.82, 2.24) is 10.7 Å². The molecule has 30 heavy (non-hydrogen) atoms. The minimum absolute atomic E-state index is 0.0716. The Balaban J connectivity index is 1.65. The average Bonchev–Trinajstić information content (AvgIpc) is 3.17. The molecule has 0 aromatic heterocycles. The lowest BCUT2D eigenvalue weighted by atomic mass is 10.0. The van der Waals surface area contributed by atoms with Crippen molar-refractivity contribution in [3.05, 3.63) is 50.4 Å². The summed E-state index contributed by atoms with van der Waals surface area (Å²) < 4.78 is 11.5. The molecule has 3 rings (SSSR count). The molecular weight excluding hydrogens is 522 g/mol. The van der Waals surface area contributed by atoms with Gasteiger partial charge in [-0.05, 0) is 73.7 Å². The standard InChI is InChI=1S/C20H19Br2N3O5/c1-10(2)17(24-19(27)12-3-4-15-16(7-12)30-9-29-15)20(28)25-23-8-11-5-13(21)18(26)14(22)6-11/h3-8,10,17,26H,9H2,1-2H3,(H,24,27)(H,25,28). The van der Waals surface area contributed by atoms with Crippen LogP contribution in [0.5, 0.6) is 17.2 Å². The molecule has 8 nitrogen and oxygen atoms in total. The van der Waals surface area contributed by atoms with Gasteiger partial charge in [0.05, 0.1) is 15.2 Å². The molecule has 2 aromatic rings. The Labute approximate surface area is 189 Å². The zero-order valence-corrected chi connectivity index (χ0v) is 19.3. The number of amides is 2. The SMILES string of the molecule is CC(C)C(NC(=O)c1ccc2c(c1)OCO2)C(=O)NN=Cc1cc(Br)c(O)c(Br)c1. The van der Waals surface area contributed by atoms with Crippen molar-refractivity contribution in [1.29, 1.82) is 0 Å². The number of halogens is 2. The van der Waals surface area contributed by atoms with E-state index in [1.165, 1.54) is 6.21 Å². The van der Waals surface area contributed by atoms with Crippen LogP contribution in [0.1, 0.15) is 29.8 Å². The summed E-state index contributed by atoms with van der Waals surface area (Å²) in [5, 5.41) is 16.4. The molecule has 0 saturated carbocycles. The molecule has 1 aliphatic rings. The number of hydrazone groups is 1. The molecular formula is C20H19Br2N3O5. The minimum atomic E-state index is -0.793. The molecule has 0 aliphatic carbocycles. The quantitative estimate of drug-likeness (QED) is 0.383. The number of aromatic hydroxyl groups is 1. The van der Waals surface area contributed by atoms with Crippen LogP contribution >= 0.6 is 31.9 Å². The normalized spacial score (nSPS) is 13.5. The fourth-order valence-corrected chi connectivity index (χ4v) is 3.92. The number of phenolic OH excluding ortho intramolecular Hbond substituents is 1. The van der Waals surface area contributed by atoms with E-state index in [0.717, 1.165) is 0 Å². The molecule has 0 bridgehead atoms. The smallest absolute Gasteiger partial charge is 0.262 e. The van der Waals surface area contributed by atoms with E-state index in [4.69, 9.17) is 9.47 Å². The molecule has 2 amide bonds. The number of carbonyl (C=O) groups excluding carboxylic acids is 2. The Bertz CT molecular complexity index is 987. The first-order chi connectivity index (χ1) is 14.3. The van der Waals surface area contributed by atoms with Gasteiger partial charge in [0.15, 0.2) is 11.5 Å². The van der Waals surface area contributed by atoms with Crippen molar-refractivity contribution in [2.45, 2.75) is 19.9 Å². The molecule has 10 heteroatoms. The zero-order valence-electron chi connectivity index (χ0n) is 16.1. The highest BCUT2D eigenvalue weighted by molar-refractivity contribution is 9.11. The number of hydrogen-bond acceptors (Lipinski definition) is 6. The van der Waals surface area contributed by atoms with Gasteiger partial charge < -0.3 is 19.9 Å². The van der Waals surface area contributed by atoms with Crippen LogP contribution in [0.15, 0.2) is 44.4 Å². The van der Waals surface area contributed by atoms with Crippen LogP contribution in [0.4, 0.5) is 0 Å². The number of nitrogens with zero attached hydrogens (tertiary/aromatic N) is 1. The highest BCUT2D eigenvalue weighted by Gasteiger charge is 2.25. The summed E-state index contributed by atoms with van der Waals surface area (Å²) in [6, 6.07) is 7.34. The van der Waals surface area contributed by atoms with Crippen LogP contribution in [0, 0.1) is 5.92 Å². The molecule has 0 saturated heterocycles. The number of rotatable bonds is 6. The average molecular weight is 541 g/mol. The summed E-state index contributed by atoms with van der Waals surface area (Å²) in [5.41, 5.74) is 3.45. The van der Waals surface area contributed by atoms with Gasteiger partial charge in [-0.2, -0.15) is 5.10 Å². The lowest BCUT2D eigenvalue weighted by Gasteiger charge is -2.20. The molecule has 3 N–H and O–H groups in total. The predicted octanol–water partition coefficient (Wildman–Crippen LogP) is 3.55. The first-order valence-corrected chi connectivity index (χ1v) is 10.6. The first-order valence-electron chi connectivity index (χ1n) is 8.97. The van der Waals surface area contributed by atoms with Gasteiger partial charge in [0.25, 0.3) is 11.8 Å². The van der Waals surface area contributed by atoms with E-state index >= 15 is 0 Å². The predicted molar refractivity (Wildman–Crippen MR) is 118 cm³/mol. The first kappa shape index (κ1) is 22.1. The second kappa shape index (κ2) is 9.48. The molecule has 2 aromatic carbocycles. The van der Waals surface area contributed by atoms with Crippen molar-refractivity contribution < 1.29 is 24.2 Å². The molecule has 1 unspecified atom stereocenters. The summed E-state index contributed by atoms with van der Waals surface area (Å²) in [6.07, 6.45) is 1.43. The van der Waals surface area contributed by atoms with E-state index in [2.05, 4.69) is 47.7 Å². The van der Waals surface area contributed by atoms with Crippen LogP contribution in [0.25, 0.3) is 0 Å². The molecule has 158 valence electrons. The lowest BCUT2D eigenvalue weighted by Crippen LogP contribution is -2.48. The number of fused-ring (bicyclic) bond motifs is 1. The van der Waals surface area contributed by atoms with E-state index in [9.17, 15) is 14.7 Å². The highest BCUT2D eigenvalue weighted by atomic mass is 79.9. The number of ether oxygens (including phenoxy) is 2. The van der Waals surface area contributed by atoms with E-state index in [0.29, 0.717) is 31.6 Å².